The van der Waals surface area contributed by atoms with E-state index in [-0.39, 0.29) is 5.41 Å². The maximum atomic E-state index is 9.53. The molecule has 2 aliphatic heterocycles. The molecule has 0 aromatic carbocycles. The van der Waals surface area contributed by atoms with Crippen LogP contribution in [-0.2, 0) is 11.8 Å². The van der Waals surface area contributed by atoms with Crippen molar-refractivity contribution in [3.05, 3.63) is 23.0 Å². The van der Waals surface area contributed by atoms with Gasteiger partial charge in [0.15, 0.2) is 5.89 Å². The summed E-state index contributed by atoms with van der Waals surface area (Å²) in [5.41, 5.74) is 7.11. The second-order valence-corrected chi connectivity index (χ2v) is 5.55. The molecule has 1 fully saturated rings. The molecule has 3 rings (SSSR count). The fourth-order valence-electron chi connectivity index (χ4n) is 3.14. The van der Waals surface area contributed by atoms with Crippen LogP contribution in [0.25, 0.3) is 0 Å². The Morgan fingerprint density at radius 1 is 1.50 bits per heavy atom. The number of hydrogen-bond acceptors (Lipinski definition) is 6. The van der Waals surface area contributed by atoms with E-state index in [2.05, 4.69) is 28.3 Å². The Balaban J connectivity index is 2.14. The lowest BCUT2D eigenvalue weighted by molar-refractivity contribution is 0.208. The van der Waals surface area contributed by atoms with Crippen LogP contribution in [0.1, 0.15) is 31.4 Å². The van der Waals surface area contributed by atoms with Crippen LogP contribution in [0.3, 0.4) is 0 Å². The van der Waals surface area contributed by atoms with Gasteiger partial charge < -0.3 is 20.4 Å². The first-order valence-electron chi connectivity index (χ1n) is 6.97. The number of piperidine rings is 1. The summed E-state index contributed by atoms with van der Waals surface area (Å²) in [6.07, 6.45) is 2.42. The average Bonchev–Trinajstić information content (AvgIpc) is 2.86. The zero-order chi connectivity index (χ0) is 14.3. The van der Waals surface area contributed by atoms with Gasteiger partial charge in [-0.1, -0.05) is 6.92 Å². The van der Waals surface area contributed by atoms with E-state index in [0.29, 0.717) is 23.2 Å². The molecule has 0 bridgehead atoms. The van der Waals surface area contributed by atoms with Gasteiger partial charge in [-0.3, -0.25) is 0 Å². The van der Waals surface area contributed by atoms with E-state index < -0.39 is 0 Å². The Bertz CT molecular complexity index is 602. The van der Waals surface area contributed by atoms with Crippen LogP contribution in [0.15, 0.2) is 15.8 Å². The number of allylic oxidation sites excluding steroid dienone is 1. The molecule has 20 heavy (non-hydrogen) atoms. The Morgan fingerprint density at radius 3 is 2.80 bits per heavy atom. The van der Waals surface area contributed by atoms with Gasteiger partial charge >= 0.3 is 0 Å². The third-order valence-electron chi connectivity index (χ3n) is 4.38. The molecule has 6 heteroatoms. The van der Waals surface area contributed by atoms with E-state index in [9.17, 15) is 5.26 Å². The van der Waals surface area contributed by atoms with Crippen molar-refractivity contribution in [3.8, 4) is 6.07 Å². The number of fused-ring (bicyclic) bond motifs is 2. The third kappa shape index (κ3) is 1.70. The lowest BCUT2D eigenvalue weighted by atomic mass is 9.69. The fraction of sp³-hybridized carbons (Fsp3) is 0.571. The largest absolute Gasteiger partial charge is 0.425 e. The zero-order valence-corrected chi connectivity index (χ0v) is 11.9. The van der Waals surface area contributed by atoms with E-state index in [1.807, 2.05) is 6.92 Å². The highest BCUT2D eigenvalue weighted by Crippen LogP contribution is 2.47. The molecule has 3 N–H and O–H groups in total. The first-order valence-corrected chi connectivity index (χ1v) is 6.97. The van der Waals surface area contributed by atoms with E-state index >= 15 is 0 Å². The second kappa shape index (κ2) is 4.53. The van der Waals surface area contributed by atoms with Gasteiger partial charge in [0.1, 0.15) is 11.5 Å². The van der Waals surface area contributed by atoms with Crippen molar-refractivity contribution < 1.29 is 4.42 Å². The number of hydrogen-bond donors (Lipinski definition) is 2. The van der Waals surface area contributed by atoms with Crippen LogP contribution < -0.4 is 11.1 Å². The zero-order valence-electron chi connectivity index (χ0n) is 11.9. The summed E-state index contributed by atoms with van der Waals surface area (Å²) < 4.78 is 5.71. The SMILES string of the molecule is CCc1nc2c(o1)NC(N)=C(C#N)C21CCN(C)CC1. The van der Waals surface area contributed by atoms with Gasteiger partial charge in [0, 0.05) is 6.42 Å². The molecular weight excluding hydrogens is 254 g/mol. The predicted molar refractivity (Wildman–Crippen MR) is 74.7 cm³/mol. The first kappa shape index (κ1) is 13.0. The number of nitrogens with one attached hydrogen (secondary N) is 1. The molecule has 0 unspecified atom stereocenters. The number of oxazole rings is 1. The third-order valence-corrected chi connectivity index (χ3v) is 4.38. The number of aryl methyl sites for hydroxylation is 1. The maximum Gasteiger partial charge on any atom is 0.223 e. The Hall–Kier alpha value is -2.00. The van der Waals surface area contributed by atoms with Crippen molar-refractivity contribution in [2.45, 2.75) is 31.6 Å². The highest BCUT2D eigenvalue weighted by molar-refractivity contribution is 5.61. The minimum absolute atomic E-state index is 0.386. The van der Waals surface area contributed by atoms with Crippen LogP contribution >= 0.6 is 0 Å². The Kier molecular flexibility index (Phi) is 2.94. The molecule has 0 atom stereocenters. The molecule has 0 radical (unpaired) electrons. The van der Waals surface area contributed by atoms with Gasteiger partial charge in [0.25, 0.3) is 0 Å². The predicted octanol–water partition coefficient (Wildman–Crippen LogP) is 1.32. The summed E-state index contributed by atoms with van der Waals surface area (Å²) >= 11 is 0. The minimum atomic E-state index is -0.386. The quantitative estimate of drug-likeness (QED) is 0.802. The van der Waals surface area contributed by atoms with Crippen molar-refractivity contribution in [1.29, 1.82) is 5.26 Å². The summed E-state index contributed by atoms with van der Waals surface area (Å²) in [4.78, 5) is 6.88. The van der Waals surface area contributed by atoms with Crippen molar-refractivity contribution in [2.75, 3.05) is 25.5 Å². The van der Waals surface area contributed by atoms with Crippen LogP contribution in [0, 0.1) is 11.3 Å². The smallest absolute Gasteiger partial charge is 0.223 e. The molecule has 6 nitrogen and oxygen atoms in total. The van der Waals surface area contributed by atoms with Crippen LogP contribution in [-0.4, -0.2) is 30.0 Å². The fourth-order valence-corrected chi connectivity index (χ4v) is 3.14. The molecule has 1 aromatic rings. The lowest BCUT2D eigenvalue weighted by Crippen LogP contribution is -2.45. The molecule has 3 heterocycles. The average molecular weight is 273 g/mol. The summed E-state index contributed by atoms with van der Waals surface area (Å²) in [5.74, 6) is 1.71. The highest BCUT2D eigenvalue weighted by atomic mass is 16.4. The number of rotatable bonds is 1. The first-order chi connectivity index (χ1) is 9.60. The molecule has 0 aliphatic carbocycles. The molecule has 1 spiro atoms. The van der Waals surface area contributed by atoms with Crippen molar-refractivity contribution in [3.63, 3.8) is 0 Å². The van der Waals surface area contributed by atoms with Crippen molar-refractivity contribution in [2.24, 2.45) is 5.73 Å². The molecule has 1 aromatic heterocycles. The molecule has 2 aliphatic rings. The van der Waals surface area contributed by atoms with Crippen molar-refractivity contribution >= 4 is 5.88 Å². The number of nitrogens with two attached hydrogens (primary N) is 1. The summed E-state index contributed by atoms with van der Waals surface area (Å²) in [6, 6.07) is 2.29. The number of anilines is 1. The summed E-state index contributed by atoms with van der Waals surface area (Å²) in [5, 5.41) is 12.5. The van der Waals surface area contributed by atoms with Gasteiger partial charge in [0.2, 0.25) is 5.88 Å². The Morgan fingerprint density at radius 2 is 2.20 bits per heavy atom. The van der Waals surface area contributed by atoms with E-state index in [1.54, 1.807) is 0 Å². The topological polar surface area (TPSA) is 91.1 Å². The molecular formula is C14H19N5O. The van der Waals surface area contributed by atoms with Gasteiger partial charge in [-0.2, -0.15) is 5.26 Å². The number of likely N-dealkylation sites (tertiary alicyclic amines) is 1. The lowest BCUT2D eigenvalue weighted by Gasteiger charge is -2.41. The van der Waals surface area contributed by atoms with Gasteiger partial charge in [-0.15, -0.1) is 0 Å². The molecule has 1 saturated heterocycles. The van der Waals surface area contributed by atoms with Gasteiger partial charge in [0.05, 0.1) is 17.1 Å². The number of nitrogens with zero attached hydrogens (tertiary/aromatic N) is 3. The van der Waals surface area contributed by atoms with Crippen LogP contribution in [0.2, 0.25) is 0 Å². The normalized spacial score (nSPS) is 21.4. The second-order valence-electron chi connectivity index (χ2n) is 5.55. The maximum absolute atomic E-state index is 9.53. The van der Waals surface area contributed by atoms with Gasteiger partial charge in [-0.05, 0) is 33.0 Å². The van der Waals surface area contributed by atoms with Crippen molar-refractivity contribution in [1.82, 2.24) is 9.88 Å². The minimum Gasteiger partial charge on any atom is -0.425 e. The molecule has 106 valence electrons. The number of aromatic nitrogens is 1. The van der Waals surface area contributed by atoms with Crippen LogP contribution in [0.4, 0.5) is 5.88 Å². The summed E-state index contributed by atoms with van der Waals surface area (Å²) in [6.45, 7) is 3.85. The Labute approximate surface area is 118 Å². The highest BCUT2D eigenvalue weighted by Gasteiger charge is 2.47. The monoisotopic (exact) mass is 273 g/mol. The molecule has 0 amide bonds. The number of nitriles is 1. The van der Waals surface area contributed by atoms with Gasteiger partial charge in [-0.25, -0.2) is 4.98 Å². The van der Waals surface area contributed by atoms with E-state index in [0.717, 1.165) is 38.0 Å². The van der Waals surface area contributed by atoms with E-state index in [4.69, 9.17) is 10.2 Å². The van der Waals surface area contributed by atoms with Crippen LogP contribution in [0.5, 0.6) is 0 Å². The summed E-state index contributed by atoms with van der Waals surface area (Å²) in [7, 11) is 2.09. The van der Waals surface area contributed by atoms with E-state index in [1.165, 1.54) is 0 Å². The standard InChI is InChI=1S/C14H19N5O/c1-3-10-17-11-13(20-10)18-12(16)9(8-15)14(11)4-6-19(2)7-5-14/h18H,3-7,16H2,1-2H3. The molecule has 0 saturated carbocycles.